The van der Waals surface area contributed by atoms with Crippen LogP contribution in [-0.2, 0) is 0 Å². The van der Waals surface area contributed by atoms with Crippen LogP contribution in [0, 0.1) is 0 Å². The summed E-state index contributed by atoms with van der Waals surface area (Å²) in [6, 6.07) is 9.75. The minimum atomic E-state index is 0.00869. The first-order valence-corrected chi connectivity index (χ1v) is 10.3. The summed E-state index contributed by atoms with van der Waals surface area (Å²) in [7, 11) is 0. The second-order valence-corrected chi connectivity index (χ2v) is 7.95. The predicted molar refractivity (Wildman–Crippen MR) is 114 cm³/mol. The molecule has 4 aromatic rings. The fourth-order valence-corrected chi connectivity index (χ4v) is 4.06. The van der Waals surface area contributed by atoms with Crippen LogP contribution in [0.25, 0.3) is 16.6 Å². The minimum absolute atomic E-state index is 0.00869. The second kappa shape index (κ2) is 7.44. The lowest BCUT2D eigenvalue weighted by molar-refractivity contribution is 0.0766. The fourth-order valence-electron chi connectivity index (χ4n) is 4.06. The number of carbonyl (C=O) groups is 1. The molecule has 4 heterocycles. The van der Waals surface area contributed by atoms with Crippen LogP contribution in [0.15, 0.2) is 47.3 Å². The van der Waals surface area contributed by atoms with E-state index >= 15 is 0 Å². The minimum Gasteiger partial charge on any atom is -0.472 e. The van der Waals surface area contributed by atoms with Gasteiger partial charge >= 0.3 is 0 Å². The molecule has 0 aliphatic carbocycles. The van der Waals surface area contributed by atoms with Crippen LogP contribution in [0.3, 0.4) is 0 Å². The molecule has 0 saturated carbocycles. The van der Waals surface area contributed by atoms with Gasteiger partial charge in [-0.25, -0.2) is 9.38 Å². The van der Waals surface area contributed by atoms with Crippen LogP contribution in [0.4, 0.5) is 5.95 Å². The normalized spacial score (nSPS) is 15.3. The average Bonchev–Trinajstić information content (AvgIpc) is 3.38. The Morgan fingerprint density at radius 3 is 2.73 bits per heavy atom. The molecule has 0 atom stereocenters. The topological polar surface area (TPSA) is 79.8 Å². The Balaban J connectivity index is 1.53. The number of nitrogens with zero attached hydrogens (tertiary/aromatic N) is 6. The molecule has 5 rings (SSSR count). The molecule has 154 valence electrons. The van der Waals surface area contributed by atoms with Gasteiger partial charge in [0.15, 0.2) is 5.65 Å². The monoisotopic (exact) mass is 404 g/mol. The SMILES string of the molecule is CC(C)c1nnc2c3ccccc3nc(N3CCCN(C(=O)c4ccoc4)CC3)n12. The molecule has 1 aliphatic rings. The Kier molecular flexibility index (Phi) is 4.61. The Bertz CT molecular complexity index is 1200. The Morgan fingerprint density at radius 1 is 1.07 bits per heavy atom. The first kappa shape index (κ1) is 18.6. The molecular weight excluding hydrogens is 380 g/mol. The standard InChI is InChI=1S/C22H24N6O2/c1-15(2)19-24-25-20-17-6-3-4-7-18(17)23-22(28(19)20)27-10-5-9-26(11-12-27)21(29)16-8-13-30-14-16/h3-4,6-8,13-15H,5,9-12H2,1-2H3. The van der Waals surface area contributed by atoms with Crippen molar-refractivity contribution in [1.82, 2.24) is 24.5 Å². The van der Waals surface area contributed by atoms with Crippen LogP contribution in [0.1, 0.15) is 42.4 Å². The van der Waals surface area contributed by atoms with Crippen molar-refractivity contribution in [2.75, 3.05) is 31.1 Å². The van der Waals surface area contributed by atoms with E-state index in [1.54, 1.807) is 6.07 Å². The lowest BCUT2D eigenvalue weighted by Gasteiger charge is -2.24. The van der Waals surface area contributed by atoms with Crippen LogP contribution in [-0.4, -0.2) is 56.6 Å². The van der Waals surface area contributed by atoms with Gasteiger partial charge in [0, 0.05) is 37.5 Å². The third kappa shape index (κ3) is 3.08. The number of rotatable bonds is 3. The van der Waals surface area contributed by atoms with Gasteiger partial charge in [0.05, 0.1) is 17.3 Å². The summed E-state index contributed by atoms with van der Waals surface area (Å²) in [5.41, 5.74) is 2.32. The van der Waals surface area contributed by atoms with Crippen molar-refractivity contribution in [3.8, 4) is 0 Å². The van der Waals surface area contributed by atoms with Gasteiger partial charge in [-0.1, -0.05) is 26.0 Å². The van der Waals surface area contributed by atoms with E-state index in [2.05, 4.69) is 33.3 Å². The first-order valence-electron chi connectivity index (χ1n) is 10.3. The molecule has 1 aromatic carbocycles. The highest BCUT2D eigenvalue weighted by atomic mass is 16.3. The molecule has 1 aliphatic heterocycles. The molecule has 1 saturated heterocycles. The van der Waals surface area contributed by atoms with Gasteiger partial charge in [-0.2, -0.15) is 0 Å². The highest BCUT2D eigenvalue weighted by Crippen LogP contribution is 2.27. The van der Waals surface area contributed by atoms with E-state index in [0.717, 1.165) is 41.3 Å². The lowest BCUT2D eigenvalue weighted by atomic mass is 10.2. The van der Waals surface area contributed by atoms with E-state index in [4.69, 9.17) is 9.40 Å². The number of amides is 1. The number of hydrogen-bond acceptors (Lipinski definition) is 6. The maximum absolute atomic E-state index is 12.8. The van der Waals surface area contributed by atoms with Crippen LogP contribution >= 0.6 is 0 Å². The zero-order valence-corrected chi connectivity index (χ0v) is 17.2. The van der Waals surface area contributed by atoms with Crippen LogP contribution in [0.5, 0.6) is 0 Å². The third-order valence-electron chi connectivity index (χ3n) is 5.60. The molecular formula is C22H24N6O2. The molecule has 30 heavy (non-hydrogen) atoms. The number of hydrogen-bond donors (Lipinski definition) is 0. The van der Waals surface area contributed by atoms with E-state index in [1.807, 2.05) is 29.2 Å². The second-order valence-electron chi connectivity index (χ2n) is 7.95. The molecule has 0 spiro atoms. The number of aromatic nitrogens is 4. The van der Waals surface area contributed by atoms with Crippen molar-refractivity contribution in [2.24, 2.45) is 0 Å². The highest BCUT2D eigenvalue weighted by molar-refractivity contribution is 5.94. The highest BCUT2D eigenvalue weighted by Gasteiger charge is 2.25. The van der Waals surface area contributed by atoms with Gasteiger partial charge in [0.2, 0.25) is 5.95 Å². The van der Waals surface area contributed by atoms with E-state index in [9.17, 15) is 4.79 Å². The van der Waals surface area contributed by atoms with Gasteiger partial charge < -0.3 is 14.2 Å². The molecule has 0 radical (unpaired) electrons. The quantitative estimate of drug-likeness (QED) is 0.521. The maximum atomic E-state index is 12.8. The van der Waals surface area contributed by atoms with Gasteiger partial charge in [0.25, 0.3) is 5.91 Å². The van der Waals surface area contributed by atoms with Crippen molar-refractivity contribution >= 4 is 28.4 Å². The summed E-state index contributed by atoms with van der Waals surface area (Å²) in [4.78, 5) is 21.9. The Morgan fingerprint density at radius 2 is 1.93 bits per heavy atom. The number of fused-ring (bicyclic) bond motifs is 3. The number of furan rings is 1. The molecule has 3 aromatic heterocycles. The average molecular weight is 404 g/mol. The maximum Gasteiger partial charge on any atom is 0.257 e. The van der Waals surface area contributed by atoms with E-state index in [1.165, 1.54) is 12.5 Å². The van der Waals surface area contributed by atoms with Gasteiger partial charge in [0.1, 0.15) is 12.1 Å². The van der Waals surface area contributed by atoms with Gasteiger partial charge in [-0.15, -0.1) is 10.2 Å². The zero-order valence-electron chi connectivity index (χ0n) is 17.2. The van der Waals surface area contributed by atoms with Crippen molar-refractivity contribution in [1.29, 1.82) is 0 Å². The summed E-state index contributed by atoms with van der Waals surface area (Å²) < 4.78 is 7.16. The molecule has 0 unspecified atom stereocenters. The van der Waals surface area contributed by atoms with E-state index in [0.29, 0.717) is 25.2 Å². The van der Waals surface area contributed by atoms with Gasteiger partial charge in [-0.05, 0) is 24.6 Å². The van der Waals surface area contributed by atoms with Crippen LogP contribution < -0.4 is 4.90 Å². The third-order valence-corrected chi connectivity index (χ3v) is 5.60. The zero-order chi connectivity index (χ0) is 20.7. The number of anilines is 1. The van der Waals surface area contributed by atoms with E-state index in [-0.39, 0.29) is 11.8 Å². The molecule has 0 bridgehead atoms. The van der Waals surface area contributed by atoms with Crippen LogP contribution in [0.2, 0.25) is 0 Å². The van der Waals surface area contributed by atoms with E-state index < -0.39 is 0 Å². The summed E-state index contributed by atoms with van der Waals surface area (Å²) >= 11 is 0. The first-order chi connectivity index (χ1) is 14.6. The smallest absolute Gasteiger partial charge is 0.257 e. The summed E-state index contributed by atoms with van der Waals surface area (Å²) in [5, 5.41) is 9.96. The molecule has 8 heteroatoms. The molecule has 1 amide bonds. The summed E-state index contributed by atoms with van der Waals surface area (Å²) in [5.74, 6) is 1.96. The van der Waals surface area contributed by atoms with Gasteiger partial charge in [-0.3, -0.25) is 4.79 Å². The van der Waals surface area contributed by atoms with Crippen molar-refractivity contribution in [3.05, 3.63) is 54.2 Å². The number of carbonyl (C=O) groups excluding carboxylic acids is 1. The summed E-state index contributed by atoms with van der Waals surface area (Å²) in [6.07, 6.45) is 3.90. The predicted octanol–water partition coefficient (Wildman–Crippen LogP) is 3.35. The molecule has 0 N–H and O–H groups in total. The summed E-state index contributed by atoms with van der Waals surface area (Å²) in [6.45, 7) is 7.06. The Labute approximate surface area is 174 Å². The van der Waals surface area contributed by atoms with Crippen molar-refractivity contribution < 1.29 is 9.21 Å². The molecule has 8 nitrogen and oxygen atoms in total. The number of para-hydroxylation sites is 1. The van der Waals surface area contributed by atoms with Crippen molar-refractivity contribution in [2.45, 2.75) is 26.2 Å². The lowest BCUT2D eigenvalue weighted by Crippen LogP contribution is -2.35. The largest absolute Gasteiger partial charge is 0.472 e. The molecule has 1 fully saturated rings. The fraction of sp³-hybridized carbons (Fsp3) is 0.364. The Hall–Kier alpha value is -3.42. The van der Waals surface area contributed by atoms with Crippen molar-refractivity contribution in [3.63, 3.8) is 0 Å². The number of benzene rings is 1.